The van der Waals surface area contributed by atoms with Gasteiger partial charge in [0.25, 0.3) is 0 Å². The smallest absolute Gasteiger partial charge is 0.0726 e. The molecule has 2 aromatic heterocycles. The zero-order chi connectivity index (χ0) is 86.7. The average Bonchev–Trinajstić information content (AvgIpc) is 1.51. The molecule has 5 aliphatic rings. The lowest BCUT2D eigenvalue weighted by molar-refractivity contribution is 0.793. The molecule has 616 valence electrons. The van der Waals surface area contributed by atoms with E-state index in [-0.39, 0.29) is 5.92 Å². The fourth-order valence-corrected chi connectivity index (χ4v) is 25.2. The molecule has 0 radical (unpaired) electrons. The summed E-state index contributed by atoms with van der Waals surface area (Å²) in [6, 6.07) is 179. The minimum atomic E-state index is -0.575. The van der Waals surface area contributed by atoms with Gasteiger partial charge >= 0.3 is 0 Å². The van der Waals surface area contributed by atoms with Crippen LogP contribution >= 0.6 is 11.3 Å². The van der Waals surface area contributed by atoms with Crippen LogP contribution in [0.5, 0.6) is 0 Å². The summed E-state index contributed by atoms with van der Waals surface area (Å²) in [4.78, 5) is 6.56. The zero-order valence-corrected chi connectivity index (χ0v) is 73.0. The normalized spacial score (nSPS) is 13.9. The Morgan fingerprint density at radius 2 is 0.598 bits per heavy atom. The van der Waals surface area contributed by atoms with Crippen molar-refractivity contribution in [3.63, 3.8) is 0 Å². The highest BCUT2D eigenvalue weighted by Gasteiger charge is 2.54. The molecule has 27 rings (SSSR count). The number of hydrogen-bond acceptors (Lipinski definition) is 3. The van der Waals surface area contributed by atoms with Crippen molar-refractivity contribution in [1.29, 1.82) is 0 Å². The van der Waals surface area contributed by atoms with Crippen LogP contribution in [0.25, 0.3) is 155 Å². The van der Waals surface area contributed by atoms with Crippen molar-refractivity contribution in [2.24, 2.45) is 0 Å². The lowest BCUT2D eigenvalue weighted by Gasteiger charge is -2.33. The van der Waals surface area contributed by atoms with E-state index in [1.165, 1.54) is 165 Å². The van der Waals surface area contributed by atoms with Gasteiger partial charge in [-0.3, -0.25) is 0 Å². The molecule has 0 saturated heterocycles. The number of benzene rings is 20. The Hall–Kier alpha value is -16.5. The Morgan fingerprint density at radius 1 is 0.242 bits per heavy atom. The Morgan fingerprint density at radius 3 is 1.11 bits per heavy atom. The highest BCUT2D eigenvalue weighted by Crippen LogP contribution is 2.67. The number of fused-ring (bicyclic) bond motifs is 26. The molecule has 5 aliphatic carbocycles. The van der Waals surface area contributed by atoms with Gasteiger partial charge in [-0.1, -0.05) is 394 Å². The quantitative estimate of drug-likeness (QED) is 0.107. The molecule has 0 aliphatic heterocycles. The number of para-hydroxylation sites is 4. The first kappa shape index (κ1) is 75.6. The van der Waals surface area contributed by atoms with Gasteiger partial charge in [0.15, 0.2) is 0 Å². The van der Waals surface area contributed by atoms with Crippen molar-refractivity contribution in [3.05, 3.63) is 540 Å². The van der Waals surface area contributed by atoms with Gasteiger partial charge in [0, 0.05) is 65.5 Å². The number of aromatic nitrogens is 1. The van der Waals surface area contributed by atoms with E-state index in [4.69, 9.17) is 0 Å². The second-order valence-corrected chi connectivity index (χ2v) is 36.8. The first-order valence-electron chi connectivity index (χ1n) is 46.0. The molecule has 22 aromatic rings. The molecule has 0 saturated carbocycles. The molecule has 20 aromatic carbocycles. The van der Waals surface area contributed by atoms with Crippen molar-refractivity contribution in [3.8, 4) is 117 Å². The van der Waals surface area contributed by atoms with Crippen molar-refractivity contribution in [2.75, 3.05) is 9.80 Å². The Balaban J connectivity index is 0.632. The summed E-state index contributed by atoms with van der Waals surface area (Å²) in [5, 5.41) is 3.60. The maximum Gasteiger partial charge on any atom is 0.0726 e. The number of hydrogen-bond donors (Lipinski definition) is 0. The number of rotatable bonds is 14. The van der Waals surface area contributed by atoms with Crippen LogP contribution in [-0.2, 0) is 10.8 Å². The van der Waals surface area contributed by atoms with Gasteiger partial charge in [-0.05, 0) is 253 Å². The summed E-state index contributed by atoms with van der Waals surface area (Å²) in [6.07, 6.45) is 5.73. The summed E-state index contributed by atoms with van der Waals surface area (Å²) in [6.45, 7) is 0. The van der Waals surface area contributed by atoms with Gasteiger partial charge in [0.1, 0.15) is 0 Å². The Labute approximate surface area is 772 Å². The van der Waals surface area contributed by atoms with Gasteiger partial charge in [0.05, 0.1) is 38.9 Å². The first-order chi connectivity index (χ1) is 65.5. The molecule has 2 spiro atoms. The Bertz CT molecular complexity index is 8410. The van der Waals surface area contributed by atoms with E-state index < -0.39 is 10.8 Å². The molecule has 0 bridgehead atoms. The zero-order valence-electron chi connectivity index (χ0n) is 72.2. The van der Waals surface area contributed by atoms with E-state index in [1.807, 2.05) is 11.3 Å². The van der Waals surface area contributed by atoms with Crippen LogP contribution in [0.4, 0.5) is 34.1 Å². The second-order valence-electron chi connectivity index (χ2n) is 35.7. The predicted octanol–water partition coefficient (Wildman–Crippen LogP) is 34.2. The number of anilines is 6. The number of nitrogens with zero attached hydrogens (tertiary/aromatic N) is 3. The number of allylic oxidation sites excluding steroid dienone is 1. The van der Waals surface area contributed by atoms with Crippen LogP contribution in [0.15, 0.2) is 479 Å². The maximum atomic E-state index is 2.61. The van der Waals surface area contributed by atoms with Gasteiger partial charge in [0.2, 0.25) is 0 Å². The lowest BCUT2D eigenvalue weighted by atomic mass is 9.70. The van der Waals surface area contributed by atoms with Crippen LogP contribution in [0.2, 0.25) is 0 Å². The van der Waals surface area contributed by atoms with Gasteiger partial charge in [-0.25, -0.2) is 0 Å². The summed E-state index contributed by atoms with van der Waals surface area (Å²) in [5.74, 6) is 0.0506. The standard InChI is InChI=1S/C128H83N3S/c1-4-36-82(37-5-1)89-42-10-11-43-92(89)93-44-12-13-45-94(93)105-54-22-31-65-119(105)129(87-71-75-103-101-52-20-29-63-115(101)127(117(103)80-87)111-59-25-16-48-97(111)98-49-17-26-60-112(98)127)86-73-77-124-110(79-86)107-58-34-57-91(126(107)132-124)84-70-74-90(83-38-6-2-7-39-83)109(78-84)96-47-15-14-46-95(96)106-55-23-32-66-120(106)131(123-69-35-68-122-125(123)108-56-24-33-67-121(108)130(122)85-40-8-3-9-41-85)88-72-76-104-102-53-21-30-64-116(102)128(118(104)81-88)113-61-27-18-50-99(113)100-51-19-28-62-114(100)128/h1-56,58-81,91H,57H2. The molecule has 132 heavy (non-hydrogen) atoms. The molecule has 4 heteroatoms. The Kier molecular flexibility index (Phi) is 17.2. The van der Waals surface area contributed by atoms with Crippen LogP contribution in [0.1, 0.15) is 72.9 Å². The molecule has 0 amide bonds. The van der Waals surface area contributed by atoms with E-state index >= 15 is 0 Å². The lowest BCUT2D eigenvalue weighted by Crippen LogP contribution is -2.26. The minimum absolute atomic E-state index is 0.0506. The molecule has 2 heterocycles. The summed E-state index contributed by atoms with van der Waals surface area (Å²) >= 11 is 1.95. The van der Waals surface area contributed by atoms with Gasteiger partial charge in [-0.15, -0.1) is 11.3 Å². The minimum Gasteiger partial charge on any atom is -0.310 e. The van der Waals surface area contributed by atoms with Crippen molar-refractivity contribution < 1.29 is 0 Å². The molecular weight excluding hydrogens is 1610 g/mol. The summed E-state index contributed by atoms with van der Waals surface area (Å²) < 4.78 is 3.71. The van der Waals surface area contributed by atoms with E-state index in [0.717, 1.165) is 85.1 Å². The molecule has 1 unspecified atom stereocenters. The fraction of sp³-hybridized carbons (Fsp3) is 0.0312. The fourth-order valence-electron chi connectivity index (χ4n) is 23.9. The largest absolute Gasteiger partial charge is 0.310 e. The van der Waals surface area contributed by atoms with Crippen molar-refractivity contribution in [1.82, 2.24) is 4.57 Å². The summed E-state index contributed by atoms with van der Waals surface area (Å²) in [5.41, 5.74) is 46.0. The van der Waals surface area contributed by atoms with Gasteiger partial charge in [-0.2, -0.15) is 0 Å². The highest BCUT2D eigenvalue weighted by atomic mass is 32.1. The third-order valence-electron chi connectivity index (χ3n) is 29.2. The summed E-state index contributed by atoms with van der Waals surface area (Å²) in [7, 11) is 0. The van der Waals surface area contributed by atoms with Crippen molar-refractivity contribution >= 4 is 83.4 Å². The van der Waals surface area contributed by atoms with E-state index in [1.54, 1.807) is 0 Å². The van der Waals surface area contributed by atoms with Crippen molar-refractivity contribution in [2.45, 2.75) is 23.2 Å². The predicted molar refractivity (Wildman–Crippen MR) is 553 cm³/mol. The third-order valence-corrected chi connectivity index (χ3v) is 30.5. The molecule has 0 N–H and O–H groups in total. The number of thiophene rings is 1. The monoisotopic (exact) mass is 1690 g/mol. The SMILES string of the molecule is C1=Cc2c(sc3ccc(N(c4ccc5c(c4)C4(c6ccccc6-c6ccccc64)c4ccccc4-5)c4ccccc4-c4ccccc4-c4ccccc4-c4ccccc4)cc23)C(c2ccc(-c3ccccc3)c(-c3ccccc3-c3ccccc3N(c3ccc4c(c3)C3(c5ccccc5-c5ccccc53)c3ccccc3-4)c3cccc4c3c3ccccc3n4-c3ccccc3)c2)C1. The highest BCUT2D eigenvalue weighted by molar-refractivity contribution is 7.19. The molecular formula is C128H83N3S. The van der Waals surface area contributed by atoms with E-state index in [0.29, 0.717) is 0 Å². The molecule has 1 atom stereocenters. The average molecular weight is 1700 g/mol. The van der Waals surface area contributed by atoms with E-state index in [9.17, 15) is 0 Å². The molecule has 3 nitrogen and oxygen atoms in total. The maximum absolute atomic E-state index is 2.61. The topological polar surface area (TPSA) is 11.4 Å². The third kappa shape index (κ3) is 11.1. The van der Waals surface area contributed by atoms with Crippen LogP contribution in [0, 0.1) is 0 Å². The molecule has 0 fully saturated rings. The van der Waals surface area contributed by atoms with E-state index in [2.05, 4.69) is 500 Å². The van der Waals surface area contributed by atoms with Crippen LogP contribution < -0.4 is 9.80 Å². The van der Waals surface area contributed by atoms with Crippen LogP contribution in [0.3, 0.4) is 0 Å². The van der Waals surface area contributed by atoms with Gasteiger partial charge < -0.3 is 14.4 Å². The second kappa shape index (κ2) is 30.1. The first-order valence-corrected chi connectivity index (χ1v) is 46.9. The van der Waals surface area contributed by atoms with Crippen LogP contribution in [-0.4, -0.2) is 4.57 Å².